The van der Waals surface area contributed by atoms with Crippen molar-refractivity contribution in [3.63, 3.8) is 0 Å². The number of methoxy groups -OCH3 is 1. The Morgan fingerprint density at radius 3 is 2.78 bits per heavy atom. The molecule has 0 fully saturated rings. The molecule has 0 radical (unpaired) electrons. The predicted octanol–water partition coefficient (Wildman–Crippen LogP) is 2.66. The molecule has 1 aliphatic rings. The predicted molar refractivity (Wildman–Crippen MR) is 85.9 cm³/mol. The first-order valence-electron chi connectivity index (χ1n) is 7.51. The molecule has 5 nitrogen and oxygen atoms in total. The van der Waals surface area contributed by atoms with Gasteiger partial charge in [-0.25, -0.2) is 4.79 Å². The monoisotopic (exact) mass is 313 g/mol. The molecule has 0 atom stereocenters. The van der Waals surface area contributed by atoms with E-state index in [9.17, 15) is 15.0 Å². The molecule has 0 spiro atoms. The number of nitrogens with zero attached hydrogens (tertiary/aromatic N) is 1. The lowest BCUT2D eigenvalue weighted by atomic mass is 9.94. The summed E-state index contributed by atoms with van der Waals surface area (Å²) >= 11 is 0. The van der Waals surface area contributed by atoms with Crippen LogP contribution in [0, 0.1) is 0 Å². The van der Waals surface area contributed by atoms with Crippen LogP contribution in [0.1, 0.15) is 27.0 Å². The third kappa shape index (κ3) is 3.00. The fourth-order valence-electron chi connectivity index (χ4n) is 3.13. The van der Waals surface area contributed by atoms with E-state index in [0.717, 1.165) is 23.2 Å². The number of fused-ring (bicyclic) bond motifs is 1. The molecule has 0 saturated carbocycles. The van der Waals surface area contributed by atoms with Gasteiger partial charge in [0.15, 0.2) is 0 Å². The van der Waals surface area contributed by atoms with Crippen LogP contribution in [0.25, 0.3) is 0 Å². The second kappa shape index (κ2) is 6.30. The van der Waals surface area contributed by atoms with E-state index >= 15 is 0 Å². The quantitative estimate of drug-likeness (QED) is 0.908. The maximum absolute atomic E-state index is 11.3. The Labute approximate surface area is 134 Å². The first kappa shape index (κ1) is 15.4. The summed E-state index contributed by atoms with van der Waals surface area (Å²) in [5, 5.41) is 19.4. The molecule has 1 aliphatic heterocycles. The maximum atomic E-state index is 11.3. The Kier molecular flexibility index (Phi) is 4.21. The summed E-state index contributed by atoms with van der Waals surface area (Å²) in [7, 11) is 1.59. The normalized spacial score (nSPS) is 14.3. The Hall–Kier alpha value is -2.53. The van der Waals surface area contributed by atoms with Crippen molar-refractivity contribution in [3.8, 4) is 11.5 Å². The number of benzene rings is 2. The Morgan fingerprint density at radius 1 is 1.26 bits per heavy atom. The minimum absolute atomic E-state index is 0.217. The van der Waals surface area contributed by atoms with Crippen LogP contribution in [0.15, 0.2) is 36.4 Å². The summed E-state index contributed by atoms with van der Waals surface area (Å²) in [6, 6.07) is 10.6. The van der Waals surface area contributed by atoms with Gasteiger partial charge in [-0.3, -0.25) is 4.90 Å². The lowest BCUT2D eigenvalue weighted by molar-refractivity contribution is 0.0694. The van der Waals surface area contributed by atoms with Crippen molar-refractivity contribution < 1.29 is 19.7 Å². The van der Waals surface area contributed by atoms with Gasteiger partial charge in [0.05, 0.1) is 12.7 Å². The lowest BCUT2D eigenvalue weighted by Crippen LogP contribution is -2.31. The smallest absolute Gasteiger partial charge is 0.335 e. The molecule has 2 N–H and O–H groups in total. The highest BCUT2D eigenvalue weighted by Crippen LogP contribution is 2.31. The lowest BCUT2D eigenvalue weighted by Gasteiger charge is -2.30. The number of carboxylic acid groups (broad SMARTS) is 1. The van der Waals surface area contributed by atoms with E-state index < -0.39 is 5.97 Å². The second-order valence-corrected chi connectivity index (χ2v) is 5.67. The van der Waals surface area contributed by atoms with Crippen LogP contribution < -0.4 is 4.74 Å². The summed E-state index contributed by atoms with van der Waals surface area (Å²) in [6.45, 7) is 1.97. The molecule has 1 heterocycles. The van der Waals surface area contributed by atoms with E-state index in [0.29, 0.717) is 30.8 Å². The second-order valence-electron chi connectivity index (χ2n) is 5.67. The van der Waals surface area contributed by atoms with Crippen LogP contribution in [0.2, 0.25) is 0 Å². The number of aromatic hydroxyl groups is 1. The maximum Gasteiger partial charge on any atom is 0.335 e. The molecule has 0 aliphatic carbocycles. The third-order valence-electron chi connectivity index (χ3n) is 4.29. The largest absolute Gasteiger partial charge is 0.507 e. The topological polar surface area (TPSA) is 70.0 Å². The summed E-state index contributed by atoms with van der Waals surface area (Å²) in [6.07, 6.45) is 0.688. The van der Waals surface area contributed by atoms with Gasteiger partial charge in [0.1, 0.15) is 11.5 Å². The number of rotatable bonds is 4. The SMILES string of the molecule is COc1cccc(O)c1CN1CCc2c(cccc2C(=O)O)C1. The number of phenolic OH excluding ortho intramolecular Hbond substituents is 1. The molecule has 2 aromatic rings. The van der Waals surface area contributed by atoms with Gasteiger partial charge >= 0.3 is 5.97 Å². The van der Waals surface area contributed by atoms with Gasteiger partial charge in [-0.1, -0.05) is 18.2 Å². The van der Waals surface area contributed by atoms with Crippen molar-refractivity contribution in [3.05, 3.63) is 58.7 Å². The van der Waals surface area contributed by atoms with Crippen LogP contribution in [-0.4, -0.2) is 34.7 Å². The Balaban J connectivity index is 1.84. The van der Waals surface area contributed by atoms with Gasteiger partial charge in [-0.2, -0.15) is 0 Å². The molecular weight excluding hydrogens is 294 g/mol. The van der Waals surface area contributed by atoms with Gasteiger partial charge in [0, 0.05) is 25.2 Å². The summed E-state index contributed by atoms with van der Waals surface area (Å²) < 4.78 is 5.32. The molecule has 0 aromatic heterocycles. The summed E-state index contributed by atoms with van der Waals surface area (Å²) in [5.41, 5.74) is 3.10. The number of phenols is 1. The molecule has 2 aromatic carbocycles. The van der Waals surface area contributed by atoms with Gasteiger partial charge in [-0.05, 0) is 35.7 Å². The van der Waals surface area contributed by atoms with Crippen LogP contribution in [-0.2, 0) is 19.5 Å². The first-order chi connectivity index (χ1) is 11.1. The van der Waals surface area contributed by atoms with E-state index in [-0.39, 0.29) is 5.75 Å². The van der Waals surface area contributed by atoms with Crippen molar-refractivity contribution in [1.82, 2.24) is 4.90 Å². The van der Waals surface area contributed by atoms with Crippen LogP contribution >= 0.6 is 0 Å². The zero-order chi connectivity index (χ0) is 16.4. The van der Waals surface area contributed by atoms with Crippen molar-refractivity contribution >= 4 is 5.97 Å². The molecule has 5 heteroatoms. The number of carboxylic acids is 1. The van der Waals surface area contributed by atoms with Gasteiger partial charge in [0.25, 0.3) is 0 Å². The number of carbonyl (C=O) groups is 1. The summed E-state index contributed by atoms with van der Waals surface area (Å²) in [5.74, 6) is 0.00203. The third-order valence-corrected chi connectivity index (χ3v) is 4.29. The van der Waals surface area contributed by atoms with Gasteiger partial charge < -0.3 is 14.9 Å². The molecule has 120 valence electrons. The van der Waals surface area contributed by atoms with E-state index in [1.807, 2.05) is 12.1 Å². The molecule has 3 rings (SSSR count). The van der Waals surface area contributed by atoms with E-state index in [1.165, 1.54) is 0 Å². The van der Waals surface area contributed by atoms with Crippen molar-refractivity contribution in [2.45, 2.75) is 19.5 Å². The fraction of sp³-hybridized carbons (Fsp3) is 0.278. The van der Waals surface area contributed by atoms with Crippen LogP contribution in [0.3, 0.4) is 0 Å². The molecular formula is C18H19NO4. The number of hydrogen-bond donors (Lipinski definition) is 2. The van der Waals surface area contributed by atoms with Crippen LogP contribution in [0.5, 0.6) is 11.5 Å². The fourth-order valence-corrected chi connectivity index (χ4v) is 3.13. The molecule has 0 bridgehead atoms. The van der Waals surface area contributed by atoms with Crippen molar-refractivity contribution in [2.75, 3.05) is 13.7 Å². The number of aromatic carboxylic acids is 1. The van der Waals surface area contributed by atoms with E-state index in [1.54, 1.807) is 31.4 Å². The highest BCUT2D eigenvalue weighted by Gasteiger charge is 2.22. The standard InChI is InChI=1S/C18H19NO4/c1-23-17-7-3-6-16(20)15(17)11-19-9-8-13-12(10-19)4-2-5-14(13)18(21)22/h2-7,20H,8-11H2,1H3,(H,21,22). The van der Waals surface area contributed by atoms with Crippen molar-refractivity contribution in [1.29, 1.82) is 0 Å². The first-order valence-corrected chi connectivity index (χ1v) is 7.51. The van der Waals surface area contributed by atoms with Crippen molar-refractivity contribution in [2.24, 2.45) is 0 Å². The zero-order valence-electron chi connectivity index (χ0n) is 13.0. The number of hydrogen-bond acceptors (Lipinski definition) is 4. The minimum Gasteiger partial charge on any atom is -0.507 e. The molecule has 0 saturated heterocycles. The molecule has 23 heavy (non-hydrogen) atoms. The Morgan fingerprint density at radius 2 is 2.04 bits per heavy atom. The van der Waals surface area contributed by atoms with E-state index in [2.05, 4.69) is 4.90 Å². The number of ether oxygens (including phenoxy) is 1. The molecule has 0 unspecified atom stereocenters. The zero-order valence-corrected chi connectivity index (χ0v) is 13.0. The minimum atomic E-state index is -0.877. The van der Waals surface area contributed by atoms with Crippen LogP contribution in [0.4, 0.5) is 0 Å². The highest BCUT2D eigenvalue weighted by atomic mass is 16.5. The molecule has 0 amide bonds. The van der Waals surface area contributed by atoms with E-state index in [4.69, 9.17) is 4.74 Å². The highest BCUT2D eigenvalue weighted by molar-refractivity contribution is 5.89. The Bertz CT molecular complexity index is 742. The summed E-state index contributed by atoms with van der Waals surface area (Å²) in [4.78, 5) is 13.5. The average molecular weight is 313 g/mol. The van der Waals surface area contributed by atoms with Gasteiger partial charge in [-0.15, -0.1) is 0 Å². The average Bonchev–Trinajstić information content (AvgIpc) is 2.55. The van der Waals surface area contributed by atoms with Gasteiger partial charge in [0.2, 0.25) is 0 Å².